The second kappa shape index (κ2) is 4.96. The molecule has 0 spiro atoms. The van der Waals surface area contributed by atoms with Gasteiger partial charge in [0.1, 0.15) is 23.1 Å². The van der Waals surface area contributed by atoms with E-state index in [9.17, 15) is 8.78 Å². The van der Waals surface area contributed by atoms with Gasteiger partial charge >= 0.3 is 0 Å². The van der Waals surface area contributed by atoms with Crippen molar-refractivity contribution in [3.63, 3.8) is 0 Å². The average molecular weight is 305 g/mol. The first kappa shape index (κ1) is 13.8. The summed E-state index contributed by atoms with van der Waals surface area (Å²) in [6, 6.07) is 5.35. The van der Waals surface area contributed by atoms with Crippen LogP contribution in [0, 0.1) is 18.6 Å². The van der Waals surface area contributed by atoms with Crippen molar-refractivity contribution in [2.75, 3.05) is 5.73 Å². The van der Waals surface area contributed by atoms with Crippen molar-refractivity contribution in [3.05, 3.63) is 46.8 Å². The summed E-state index contributed by atoms with van der Waals surface area (Å²) in [7, 11) is 1.71. The Balaban J connectivity index is 2.29. The van der Waals surface area contributed by atoms with Gasteiger partial charge in [-0.1, -0.05) is 0 Å². The first-order valence-electron chi connectivity index (χ1n) is 6.30. The van der Waals surface area contributed by atoms with Crippen molar-refractivity contribution >= 4 is 17.2 Å². The third-order valence-corrected chi connectivity index (χ3v) is 4.34. The van der Waals surface area contributed by atoms with Crippen LogP contribution in [0.5, 0.6) is 0 Å². The summed E-state index contributed by atoms with van der Waals surface area (Å²) in [6.45, 7) is 1.96. The molecule has 0 bridgehead atoms. The van der Waals surface area contributed by atoms with E-state index in [1.165, 1.54) is 28.2 Å². The summed E-state index contributed by atoms with van der Waals surface area (Å²) >= 11 is 1.52. The molecule has 3 nitrogen and oxygen atoms in total. The van der Waals surface area contributed by atoms with Gasteiger partial charge in [0.2, 0.25) is 0 Å². The van der Waals surface area contributed by atoms with Gasteiger partial charge in [-0.2, -0.15) is 5.10 Å². The van der Waals surface area contributed by atoms with Crippen LogP contribution in [0.1, 0.15) is 5.56 Å². The molecule has 0 aliphatic heterocycles. The summed E-state index contributed by atoms with van der Waals surface area (Å²) in [5.41, 5.74) is 8.70. The molecule has 3 aromatic rings. The Kier molecular flexibility index (Phi) is 3.25. The van der Waals surface area contributed by atoms with E-state index >= 15 is 0 Å². The van der Waals surface area contributed by atoms with Crippen LogP contribution < -0.4 is 5.73 Å². The second-order valence-corrected chi connectivity index (χ2v) is 5.74. The number of halogens is 2. The third-order valence-electron chi connectivity index (χ3n) is 3.32. The maximum absolute atomic E-state index is 13.5. The lowest BCUT2D eigenvalue weighted by Gasteiger charge is -2.05. The van der Waals surface area contributed by atoms with Crippen LogP contribution in [0.3, 0.4) is 0 Å². The molecule has 0 radical (unpaired) electrons. The van der Waals surface area contributed by atoms with Crippen LogP contribution in [-0.2, 0) is 7.05 Å². The summed E-state index contributed by atoms with van der Waals surface area (Å²) in [5, 5.41) is 6.36. The SMILES string of the molecule is Cc1ccsc1-c1nn(C)c(N)c1-c1cc(F)cc(F)c1. The summed E-state index contributed by atoms with van der Waals surface area (Å²) in [5.74, 6) is -0.896. The summed E-state index contributed by atoms with van der Waals surface area (Å²) in [4.78, 5) is 0.946. The van der Waals surface area contributed by atoms with Gasteiger partial charge in [0, 0.05) is 13.1 Å². The predicted octanol–water partition coefficient (Wildman–Crippen LogP) is 3.98. The highest BCUT2D eigenvalue weighted by atomic mass is 32.1. The number of aromatic nitrogens is 2. The van der Waals surface area contributed by atoms with Crippen LogP contribution in [0.25, 0.3) is 21.7 Å². The van der Waals surface area contributed by atoms with E-state index in [1.54, 1.807) is 7.05 Å². The smallest absolute Gasteiger partial charge is 0.129 e. The Hall–Kier alpha value is -2.21. The van der Waals surface area contributed by atoms with E-state index in [1.807, 2.05) is 18.4 Å². The number of benzene rings is 1. The van der Waals surface area contributed by atoms with Gasteiger partial charge in [0.15, 0.2) is 0 Å². The van der Waals surface area contributed by atoms with Crippen molar-refractivity contribution < 1.29 is 8.78 Å². The van der Waals surface area contributed by atoms with Crippen LogP contribution in [0.4, 0.5) is 14.6 Å². The third kappa shape index (κ3) is 2.31. The van der Waals surface area contributed by atoms with Crippen molar-refractivity contribution in [2.45, 2.75) is 6.92 Å². The molecule has 2 heterocycles. The van der Waals surface area contributed by atoms with E-state index in [4.69, 9.17) is 5.73 Å². The lowest BCUT2D eigenvalue weighted by molar-refractivity contribution is 0.584. The Morgan fingerprint density at radius 1 is 1.19 bits per heavy atom. The highest BCUT2D eigenvalue weighted by Crippen LogP contribution is 2.39. The lowest BCUT2D eigenvalue weighted by atomic mass is 10.0. The van der Waals surface area contributed by atoms with E-state index < -0.39 is 11.6 Å². The first-order valence-corrected chi connectivity index (χ1v) is 7.18. The summed E-state index contributed by atoms with van der Waals surface area (Å²) < 4.78 is 28.5. The molecule has 0 aliphatic rings. The van der Waals surface area contributed by atoms with Crippen molar-refractivity contribution in [1.29, 1.82) is 0 Å². The first-order chi connectivity index (χ1) is 9.97. The minimum atomic E-state index is -0.637. The maximum atomic E-state index is 13.5. The number of nitrogen functional groups attached to an aromatic ring is 1. The van der Waals surface area contributed by atoms with Gasteiger partial charge in [-0.15, -0.1) is 11.3 Å². The van der Waals surface area contributed by atoms with Crippen LogP contribution in [-0.4, -0.2) is 9.78 Å². The highest BCUT2D eigenvalue weighted by molar-refractivity contribution is 7.13. The summed E-state index contributed by atoms with van der Waals surface area (Å²) in [6.07, 6.45) is 0. The molecular weight excluding hydrogens is 292 g/mol. The van der Waals surface area contributed by atoms with Gasteiger partial charge in [-0.3, -0.25) is 4.68 Å². The monoisotopic (exact) mass is 305 g/mol. The predicted molar refractivity (Wildman–Crippen MR) is 81.0 cm³/mol. The zero-order valence-corrected chi connectivity index (χ0v) is 12.3. The molecule has 0 atom stereocenters. The Morgan fingerprint density at radius 2 is 1.86 bits per heavy atom. The van der Waals surface area contributed by atoms with Crippen LogP contribution >= 0.6 is 11.3 Å². The molecule has 1 aromatic carbocycles. The van der Waals surface area contributed by atoms with E-state index in [0.717, 1.165) is 16.5 Å². The minimum Gasteiger partial charge on any atom is -0.383 e. The molecule has 3 rings (SSSR count). The molecule has 108 valence electrons. The molecule has 6 heteroatoms. The molecule has 0 saturated heterocycles. The zero-order valence-electron chi connectivity index (χ0n) is 11.5. The molecule has 0 aliphatic carbocycles. The van der Waals surface area contributed by atoms with E-state index in [2.05, 4.69) is 5.10 Å². The number of thiophene rings is 1. The van der Waals surface area contributed by atoms with Gasteiger partial charge < -0.3 is 5.73 Å². The second-order valence-electron chi connectivity index (χ2n) is 4.82. The number of aryl methyl sites for hydroxylation is 2. The van der Waals surface area contributed by atoms with Gasteiger partial charge in [-0.25, -0.2) is 8.78 Å². The molecule has 0 fully saturated rings. The Morgan fingerprint density at radius 3 is 2.43 bits per heavy atom. The largest absolute Gasteiger partial charge is 0.383 e. The Bertz CT molecular complexity index is 800. The van der Waals surface area contributed by atoms with Crippen LogP contribution in [0.15, 0.2) is 29.6 Å². The fourth-order valence-corrected chi connectivity index (χ4v) is 3.21. The molecule has 21 heavy (non-hydrogen) atoms. The minimum absolute atomic E-state index is 0.378. The van der Waals surface area contributed by atoms with Crippen molar-refractivity contribution in [1.82, 2.24) is 9.78 Å². The fraction of sp³-hybridized carbons (Fsp3) is 0.133. The molecule has 0 saturated carbocycles. The van der Waals surface area contributed by atoms with Crippen molar-refractivity contribution in [2.24, 2.45) is 7.05 Å². The van der Waals surface area contributed by atoms with Gasteiger partial charge in [0.25, 0.3) is 0 Å². The normalized spacial score (nSPS) is 11.0. The fourth-order valence-electron chi connectivity index (χ4n) is 2.29. The Labute approximate surface area is 124 Å². The topological polar surface area (TPSA) is 43.8 Å². The number of rotatable bonds is 2. The maximum Gasteiger partial charge on any atom is 0.129 e. The zero-order chi connectivity index (χ0) is 15.1. The molecule has 0 amide bonds. The highest BCUT2D eigenvalue weighted by Gasteiger charge is 2.20. The molecule has 2 aromatic heterocycles. The standard InChI is InChI=1S/C15H13F2N3S/c1-8-3-4-21-14(8)13-12(15(18)20(2)19-13)9-5-10(16)7-11(17)6-9/h3-7H,18H2,1-2H3. The van der Waals surface area contributed by atoms with Crippen molar-refractivity contribution in [3.8, 4) is 21.7 Å². The average Bonchev–Trinajstić information content (AvgIpc) is 2.93. The molecule has 0 unspecified atom stereocenters. The molecular formula is C15H13F2N3S. The number of anilines is 1. The van der Waals surface area contributed by atoms with Crippen LogP contribution in [0.2, 0.25) is 0 Å². The quantitative estimate of drug-likeness (QED) is 0.778. The number of nitrogens with zero attached hydrogens (tertiary/aromatic N) is 2. The number of nitrogens with two attached hydrogens (primary N) is 1. The van der Waals surface area contributed by atoms with Gasteiger partial charge in [-0.05, 0) is 41.6 Å². The number of hydrogen-bond donors (Lipinski definition) is 1. The number of hydrogen-bond acceptors (Lipinski definition) is 3. The van der Waals surface area contributed by atoms with E-state index in [0.29, 0.717) is 22.6 Å². The van der Waals surface area contributed by atoms with Gasteiger partial charge in [0.05, 0.1) is 10.4 Å². The lowest BCUT2D eigenvalue weighted by Crippen LogP contribution is -1.98. The van der Waals surface area contributed by atoms with E-state index in [-0.39, 0.29) is 0 Å². The molecule has 2 N–H and O–H groups in total.